The minimum absolute atomic E-state index is 0.509. The number of rotatable bonds is 7. The van der Waals surface area contributed by atoms with E-state index in [1.54, 1.807) is 0 Å². The highest BCUT2D eigenvalue weighted by Gasteiger charge is 2.06. The summed E-state index contributed by atoms with van der Waals surface area (Å²) >= 11 is 3.20. The van der Waals surface area contributed by atoms with E-state index < -0.39 is 0 Å². The molecule has 0 saturated carbocycles. The van der Waals surface area contributed by atoms with Crippen LogP contribution in [0.15, 0.2) is 56.1 Å². The van der Waals surface area contributed by atoms with Crippen LogP contribution in [-0.4, -0.2) is 48.3 Å². The maximum atomic E-state index is 5.53. The fourth-order valence-electron chi connectivity index (χ4n) is 2.15. The number of hydrogen-bond acceptors (Lipinski definition) is 7. The first kappa shape index (κ1) is 21.1. The molecule has 2 aromatic heterocycles. The van der Waals surface area contributed by atoms with Crippen LogP contribution in [0.25, 0.3) is 0 Å². The van der Waals surface area contributed by atoms with E-state index in [9.17, 15) is 0 Å². The van der Waals surface area contributed by atoms with E-state index in [1.807, 2.05) is 80.5 Å². The molecule has 0 N–H and O–H groups in total. The van der Waals surface area contributed by atoms with Crippen LogP contribution in [0.3, 0.4) is 0 Å². The Bertz CT molecular complexity index is 787. The molecule has 146 valence electrons. The van der Waals surface area contributed by atoms with Crippen LogP contribution in [0.2, 0.25) is 0 Å². The van der Waals surface area contributed by atoms with Crippen LogP contribution in [0.1, 0.15) is 17.1 Å². The van der Waals surface area contributed by atoms with E-state index in [4.69, 9.17) is 13.8 Å². The highest BCUT2D eigenvalue weighted by Crippen LogP contribution is 2.14. The van der Waals surface area contributed by atoms with E-state index in [0.29, 0.717) is 12.5 Å². The van der Waals surface area contributed by atoms with E-state index in [0.717, 1.165) is 34.8 Å². The predicted molar refractivity (Wildman–Crippen MR) is 106 cm³/mol. The molecule has 3 rings (SSSR count). The first-order valence-electron chi connectivity index (χ1n) is 8.45. The van der Waals surface area contributed by atoms with Gasteiger partial charge in [-0.3, -0.25) is 0 Å². The molecular formula is C19H25BrN4O3. The summed E-state index contributed by atoms with van der Waals surface area (Å²) in [5, 5.41) is 7.55. The molecular weight excluding hydrogens is 412 g/mol. The third-order valence-corrected chi connectivity index (χ3v) is 3.61. The zero-order valence-electron chi connectivity index (χ0n) is 16.1. The highest BCUT2D eigenvalue weighted by molar-refractivity contribution is 9.10. The Hall–Kier alpha value is -2.16. The third-order valence-electron chi connectivity index (χ3n) is 3.24. The second-order valence-electron chi connectivity index (χ2n) is 6.50. The van der Waals surface area contributed by atoms with Crippen molar-refractivity contribution in [2.24, 2.45) is 0 Å². The van der Waals surface area contributed by atoms with Crippen LogP contribution in [0.5, 0.6) is 5.88 Å². The Labute approximate surface area is 168 Å². The number of aromatic nitrogens is 2. The van der Waals surface area contributed by atoms with Gasteiger partial charge in [0.05, 0.1) is 13.1 Å². The molecule has 0 fully saturated rings. The Kier molecular flexibility index (Phi) is 8.50. The molecule has 0 saturated heterocycles. The van der Waals surface area contributed by atoms with Gasteiger partial charge in [-0.05, 0) is 54.8 Å². The fraction of sp³-hybridized carbons (Fsp3) is 0.368. The van der Waals surface area contributed by atoms with E-state index >= 15 is 0 Å². The van der Waals surface area contributed by atoms with E-state index in [1.165, 1.54) is 0 Å². The second kappa shape index (κ2) is 10.9. The third kappa shape index (κ3) is 8.38. The summed E-state index contributed by atoms with van der Waals surface area (Å²) in [7, 11) is 7.92. The predicted octanol–water partition coefficient (Wildman–Crippen LogP) is 3.81. The molecule has 0 aliphatic heterocycles. The van der Waals surface area contributed by atoms with Crippen molar-refractivity contribution in [1.82, 2.24) is 20.1 Å². The number of nitrogens with zero attached hydrogens (tertiary/aromatic N) is 4. The fourth-order valence-corrected chi connectivity index (χ4v) is 2.48. The van der Waals surface area contributed by atoms with Crippen molar-refractivity contribution in [3.8, 4) is 5.88 Å². The molecule has 0 aliphatic carbocycles. The Morgan fingerprint density at radius 2 is 1.48 bits per heavy atom. The zero-order valence-corrected chi connectivity index (χ0v) is 17.6. The summed E-state index contributed by atoms with van der Waals surface area (Å²) in [5.41, 5.74) is 1.12. The molecule has 0 radical (unpaired) electrons. The van der Waals surface area contributed by atoms with Gasteiger partial charge in [0.25, 0.3) is 5.88 Å². The van der Waals surface area contributed by atoms with Crippen LogP contribution in [0, 0.1) is 0 Å². The van der Waals surface area contributed by atoms with Crippen LogP contribution in [-0.2, 0) is 19.7 Å². The average Bonchev–Trinajstić information content (AvgIpc) is 3.22. The lowest BCUT2D eigenvalue weighted by molar-refractivity contribution is 0.258. The molecule has 0 aliphatic rings. The Morgan fingerprint density at radius 1 is 0.889 bits per heavy atom. The van der Waals surface area contributed by atoms with Crippen molar-refractivity contribution in [2.45, 2.75) is 19.7 Å². The van der Waals surface area contributed by atoms with Gasteiger partial charge in [-0.15, -0.1) is 0 Å². The summed E-state index contributed by atoms with van der Waals surface area (Å²) in [4.78, 5) is 4.04. The van der Waals surface area contributed by atoms with Gasteiger partial charge < -0.3 is 23.6 Å². The molecule has 0 spiro atoms. The van der Waals surface area contributed by atoms with Crippen molar-refractivity contribution in [3.63, 3.8) is 0 Å². The highest BCUT2D eigenvalue weighted by atomic mass is 79.9. The minimum Gasteiger partial charge on any atom is -0.471 e. The Morgan fingerprint density at radius 3 is 2.04 bits per heavy atom. The summed E-state index contributed by atoms with van der Waals surface area (Å²) < 4.78 is 16.4. The SMILES string of the molecule is CN(C)Cc1cc(Br)no1.CN(C)Cc1cc(OCc2ccccc2)no1. The summed E-state index contributed by atoms with van der Waals surface area (Å²) in [6.45, 7) is 2.02. The van der Waals surface area contributed by atoms with Crippen LogP contribution < -0.4 is 4.74 Å². The second-order valence-corrected chi connectivity index (χ2v) is 7.31. The first-order valence-corrected chi connectivity index (χ1v) is 9.24. The van der Waals surface area contributed by atoms with Gasteiger partial charge >= 0.3 is 0 Å². The lowest BCUT2D eigenvalue weighted by Gasteiger charge is -2.04. The minimum atomic E-state index is 0.509. The van der Waals surface area contributed by atoms with E-state index in [-0.39, 0.29) is 0 Å². The van der Waals surface area contributed by atoms with Crippen molar-refractivity contribution in [2.75, 3.05) is 28.2 Å². The number of halogens is 1. The van der Waals surface area contributed by atoms with Crippen molar-refractivity contribution in [3.05, 3.63) is 64.2 Å². The largest absolute Gasteiger partial charge is 0.471 e. The van der Waals surface area contributed by atoms with Crippen molar-refractivity contribution >= 4 is 15.9 Å². The Balaban J connectivity index is 0.000000223. The normalized spacial score (nSPS) is 10.8. The van der Waals surface area contributed by atoms with Crippen molar-refractivity contribution in [1.29, 1.82) is 0 Å². The molecule has 0 atom stereocenters. The maximum Gasteiger partial charge on any atom is 0.254 e. The van der Waals surface area contributed by atoms with Gasteiger partial charge in [0.15, 0.2) is 11.5 Å². The van der Waals surface area contributed by atoms with Crippen molar-refractivity contribution < 1.29 is 13.8 Å². The molecule has 1 aromatic carbocycles. The lowest BCUT2D eigenvalue weighted by Crippen LogP contribution is -2.09. The summed E-state index contributed by atoms with van der Waals surface area (Å²) in [5.74, 6) is 2.21. The van der Waals surface area contributed by atoms with Gasteiger partial charge in [0, 0.05) is 12.1 Å². The molecule has 0 bridgehead atoms. The monoisotopic (exact) mass is 436 g/mol. The van der Waals surface area contributed by atoms with Gasteiger partial charge in [-0.1, -0.05) is 35.5 Å². The molecule has 7 nitrogen and oxygen atoms in total. The molecule has 2 heterocycles. The molecule has 27 heavy (non-hydrogen) atoms. The zero-order chi connectivity index (χ0) is 19.6. The van der Waals surface area contributed by atoms with Gasteiger partial charge in [0.2, 0.25) is 0 Å². The molecule has 0 unspecified atom stereocenters. The number of ether oxygens (including phenoxy) is 1. The van der Waals surface area contributed by atoms with Crippen LogP contribution >= 0.6 is 15.9 Å². The topological polar surface area (TPSA) is 67.8 Å². The quantitative estimate of drug-likeness (QED) is 0.557. The number of benzene rings is 1. The maximum absolute atomic E-state index is 5.53. The summed E-state index contributed by atoms with van der Waals surface area (Å²) in [6.07, 6.45) is 0. The van der Waals surface area contributed by atoms with E-state index in [2.05, 4.69) is 26.2 Å². The summed E-state index contributed by atoms with van der Waals surface area (Å²) in [6, 6.07) is 13.7. The van der Waals surface area contributed by atoms with Crippen LogP contribution in [0.4, 0.5) is 0 Å². The molecule has 8 heteroatoms. The van der Waals surface area contributed by atoms with Gasteiger partial charge in [0.1, 0.15) is 11.2 Å². The average molecular weight is 437 g/mol. The standard InChI is InChI=1S/C13H16N2O2.C6H9BrN2O/c1-15(2)9-12-8-13(14-17-12)16-10-11-6-4-3-5-7-11;1-9(2)4-5-3-6(7)8-10-5/h3-8H,9-10H2,1-2H3;3H,4H2,1-2H3. The lowest BCUT2D eigenvalue weighted by atomic mass is 10.2. The van der Waals surface area contributed by atoms with Gasteiger partial charge in [-0.25, -0.2) is 0 Å². The first-order chi connectivity index (χ1) is 12.9. The molecule has 0 amide bonds. The van der Waals surface area contributed by atoms with Gasteiger partial charge in [-0.2, -0.15) is 0 Å². The molecule has 3 aromatic rings. The number of hydrogen-bond donors (Lipinski definition) is 0. The smallest absolute Gasteiger partial charge is 0.254 e.